The summed E-state index contributed by atoms with van der Waals surface area (Å²) in [5.41, 5.74) is 2.96. The molecule has 1 aromatic carbocycles. The van der Waals surface area contributed by atoms with Gasteiger partial charge in [-0.1, -0.05) is 6.07 Å². The highest BCUT2D eigenvalue weighted by Crippen LogP contribution is 2.63. The van der Waals surface area contributed by atoms with Gasteiger partial charge < -0.3 is 20.1 Å². The number of phenolic OH excluding ortho intramolecular Hbond substituents is 1. The van der Waals surface area contributed by atoms with E-state index in [-0.39, 0.29) is 29.2 Å². The number of ether oxygens (including phenoxy) is 1. The SMILES string of the molecule is CN1CCC23c4c5ccc(O)c4OC2C(NC(=O)c2cccnc2)CCC3C1C5. The number of carbonyl (C=O) groups is 1. The summed E-state index contributed by atoms with van der Waals surface area (Å²) in [5, 5.41) is 13.8. The van der Waals surface area contributed by atoms with Gasteiger partial charge in [0.15, 0.2) is 11.5 Å². The van der Waals surface area contributed by atoms with Crippen molar-refractivity contribution >= 4 is 5.91 Å². The molecule has 2 aliphatic heterocycles. The second-order valence-electron chi connectivity index (χ2n) is 9.03. The van der Waals surface area contributed by atoms with Crippen LogP contribution in [0.2, 0.25) is 0 Å². The molecule has 6 heteroatoms. The van der Waals surface area contributed by atoms with Gasteiger partial charge in [-0.05, 0) is 69.0 Å². The van der Waals surface area contributed by atoms with E-state index in [0.29, 0.717) is 23.3 Å². The lowest BCUT2D eigenvalue weighted by molar-refractivity contribution is -0.0558. The van der Waals surface area contributed by atoms with Crippen molar-refractivity contribution in [2.24, 2.45) is 5.92 Å². The van der Waals surface area contributed by atoms with Crippen LogP contribution in [-0.4, -0.2) is 52.7 Å². The molecule has 1 saturated carbocycles. The topological polar surface area (TPSA) is 74.7 Å². The van der Waals surface area contributed by atoms with Gasteiger partial charge in [0.1, 0.15) is 6.10 Å². The Morgan fingerprint density at radius 2 is 2.24 bits per heavy atom. The summed E-state index contributed by atoms with van der Waals surface area (Å²) < 4.78 is 6.50. The number of nitrogens with one attached hydrogen (secondary N) is 1. The van der Waals surface area contributed by atoms with Crippen LogP contribution >= 0.6 is 0 Å². The first-order valence-corrected chi connectivity index (χ1v) is 10.5. The van der Waals surface area contributed by atoms with E-state index < -0.39 is 0 Å². The average Bonchev–Trinajstić information content (AvgIpc) is 3.10. The van der Waals surface area contributed by atoms with E-state index in [1.165, 1.54) is 11.1 Å². The lowest BCUT2D eigenvalue weighted by atomic mass is 9.51. The molecule has 5 atom stereocenters. The fourth-order valence-electron chi connectivity index (χ4n) is 6.63. The van der Waals surface area contributed by atoms with Gasteiger partial charge >= 0.3 is 0 Å². The van der Waals surface area contributed by atoms with Gasteiger partial charge in [-0.25, -0.2) is 0 Å². The number of benzene rings is 1. The highest BCUT2D eigenvalue weighted by molar-refractivity contribution is 5.94. The first kappa shape index (κ1) is 17.3. The number of hydrogen-bond donors (Lipinski definition) is 2. The Balaban J connectivity index is 1.42. The van der Waals surface area contributed by atoms with E-state index >= 15 is 0 Å². The van der Waals surface area contributed by atoms with Crippen molar-refractivity contribution in [3.63, 3.8) is 0 Å². The van der Waals surface area contributed by atoms with Crippen LogP contribution in [0.25, 0.3) is 0 Å². The van der Waals surface area contributed by atoms with Gasteiger partial charge in [-0.15, -0.1) is 0 Å². The number of amides is 1. The first-order valence-electron chi connectivity index (χ1n) is 10.5. The van der Waals surface area contributed by atoms with E-state index in [9.17, 15) is 9.90 Å². The highest BCUT2D eigenvalue weighted by atomic mass is 16.5. The minimum atomic E-state index is -0.138. The summed E-state index contributed by atoms with van der Waals surface area (Å²) in [6.07, 6.45) is 7.08. The maximum atomic E-state index is 12.9. The van der Waals surface area contributed by atoms with Crippen LogP contribution in [0, 0.1) is 5.92 Å². The molecular weight excluding hydrogens is 366 g/mol. The Hall–Kier alpha value is -2.60. The molecule has 2 fully saturated rings. The van der Waals surface area contributed by atoms with E-state index in [1.807, 2.05) is 0 Å². The highest BCUT2D eigenvalue weighted by Gasteiger charge is 2.65. The molecule has 29 heavy (non-hydrogen) atoms. The van der Waals surface area contributed by atoms with E-state index in [1.54, 1.807) is 30.6 Å². The molecule has 1 saturated heterocycles. The van der Waals surface area contributed by atoms with Crippen LogP contribution in [0.3, 0.4) is 0 Å². The zero-order chi connectivity index (χ0) is 19.8. The number of phenols is 1. The first-order chi connectivity index (χ1) is 14.1. The van der Waals surface area contributed by atoms with E-state index in [0.717, 1.165) is 32.2 Å². The maximum absolute atomic E-state index is 12.9. The molecule has 1 amide bonds. The van der Waals surface area contributed by atoms with Gasteiger partial charge in [0, 0.05) is 29.4 Å². The van der Waals surface area contributed by atoms with Gasteiger partial charge in [0.2, 0.25) is 0 Å². The third kappa shape index (κ3) is 2.21. The molecule has 6 rings (SSSR count). The summed E-state index contributed by atoms with van der Waals surface area (Å²) >= 11 is 0. The average molecular weight is 391 g/mol. The summed E-state index contributed by atoms with van der Waals surface area (Å²) in [4.78, 5) is 19.4. The molecule has 2 bridgehead atoms. The molecule has 6 nitrogen and oxygen atoms in total. The van der Waals surface area contributed by atoms with Crippen molar-refractivity contribution in [2.75, 3.05) is 13.6 Å². The lowest BCUT2D eigenvalue weighted by Crippen LogP contribution is -2.68. The molecule has 0 radical (unpaired) electrons. The smallest absolute Gasteiger partial charge is 0.253 e. The number of hydrogen-bond acceptors (Lipinski definition) is 5. The Labute approximate surface area is 169 Å². The Morgan fingerprint density at radius 1 is 1.34 bits per heavy atom. The predicted molar refractivity (Wildman–Crippen MR) is 107 cm³/mol. The third-order valence-electron chi connectivity index (χ3n) is 7.84. The zero-order valence-corrected chi connectivity index (χ0v) is 16.5. The fraction of sp³-hybridized carbons (Fsp3) is 0.478. The number of rotatable bonds is 2. The zero-order valence-electron chi connectivity index (χ0n) is 16.5. The maximum Gasteiger partial charge on any atom is 0.253 e. The summed E-state index contributed by atoms with van der Waals surface area (Å²) in [6.45, 7) is 1.01. The van der Waals surface area contributed by atoms with Gasteiger partial charge in [-0.2, -0.15) is 0 Å². The number of carbonyl (C=O) groups excluding carboxylic acids is 1. The second-order valence-corrected chi connectivity index (χ2v) is 9.03. The lowest BCUT2D eigenvalue weighted by Gasteiger charge is -2.59. The largest absolute Gasteiger partial charge is 0.504 e. The molecule has 2 aromatic rings. The van der Waals surface area contributed by atoms with Crippen LogP contribution in [0.5, 0.6) is 11.5 Å². The van der Waals surface area contributed by atoms with Gasteiger partial charge in [-0.3, -0.25) is 9.78 Å². The number of nitrogens with zero attached hydrogens (tertiary/aromatic N) is 2. The van der Waals surface area contributed by atoms with Crippen LogP contribution in [-0.2, 0) is 11.8 Å². The van der Waals surface area contributed by atoms with Crippen LogP contribution in [0.4, 0.5) is 0 Å². The van der Waals surface area contributed by atoms with Gasteiger partial charge in [0.25, 0.3) is 5.91 Å². The minimum absolute atomic E-state index is 0.0826. The molecular formula is C23H25N3O3. The number of likely N-dealkylation sites (tertiary alicyclic amines) is 1. The van der Waals surface area contributed by atoms with Crippen molar-refractivity contribution in [3.8, 4) is 11.5 Å². The minimum Gasteiger partial charge on any atom is -0.504 e. The second kappa shape index (κ2) is 5.95. The summed E-state index contributed by atoms with van der Waals surface area (Å²) in [6, 6.07) is 7.81. The number of aromatic nitrogens is 1. The molecule has 1 aromatic heterocycles. The van der Waals surface area contributed by atoms with E-state index in [2.05, 4.69) is 28.3 Å². The molecule has 2 N–H and O–H groups in total. The van der Waals surface area contributed by atoms with Crippen molar-refractivity contribution in [1.29, 1.82) is 0 Å². The number of piperidine rings is 1. The standard InChI is InChI=1S/C23H25N3O3/c1-26-10-8-23-15-5-6-16(25-22(28)14-3-2-9-24-12-14)21(23)29-20-18(27)7-4-13(19(20)23)11-17(15)26/h2-4,7,9,12,15-17,21,27H,5-6,8,10-11H2,1H3,(H,25,28). The van der Waals surface area contributed by atoms with E-state index in [4.69, 9.17) is 4.74 Å². The number of pyridine rings is 1. The number of aromatic hydroxyl groups is 1. The quantitative estimate of drug-likeness (QED) is 0.821. The van der Waals surface area contributed by atoms with Crippen LogP contribution in [0.1, 0.15) is 40.7 Å². The van der Waals surface area contributed by atoms with Gasteiger partial charge in [0.05, 0.1) is 11.6 Å². The molecule has 1 spiro atoms. The Bertz CT molecular complexity index is 994. The molecule has 150 valence electrons. The Morgan fingerprint density at radius 3 is 3.07 bits per heavy atom. The molecule has 2 aliphatic carbocycles. The monoisotopic (exact) mass is 391 g/mol. The molecule has 4 aliphatic rings. The van der Waals surface area contributed by atoms with Crippen molar-refractivity contribution < 1.29 is 14.6 Å². The van der Waals surface area contributed by atoms with Crippen LogP contribution < -0.4 is 10.1 Å². The van der Waals surface area contributed by atoms with Crippen molar-refractivity contribution in [1.82, 2.24) is 15.2 Å². The fourth-order valence-corrected chi connectivity index (χ4v) is 6.63. The third-order valence-corrected chi connectivity index (χ3v) is 7.84. The van der Waals surface area contributed by atoms with Crippen molar-refractivity contribution in [3.05, 3.63) is 53.3 Å². The predicted octanol–water partition coefficient (Wildman–Crippen LogP) is 2.25. The summed E-state index contributed by atoms with van der Waals surface area (Å²) in [7, 11) is 2.23. The normalized spacial score (nSPS) is 34.2. The number of likely N-dealkylation sites (N-methyl/N-ethyl adjacent to an activating group) is 1. The van der Waals surface area contributed by atoms with Crippen molar-refractivity contribution in [2.45, 2.75) is 49.3 Å². The summed E-state index contributed by atoms with van der Waals surface area (Å²) in [5.74, 6) is 1.26. The Kier molecular flexibility index (Phi) is 3.55. The molecule has 3 heterocycles. The van der Waals surface area contributed by atoms with Crippen LogP contribution in [0.15, 0.2) is 36.7 Å². The molecule has 5 unspecified atom stereocenters.